The number of hydrogen-bond donors (Lipinski definition) is 1. The second-order valence-electron chi connectivity index (χ2n) is 8.64. The van der Waals surface area contributed by atoms with E-state index in [0.29, 0.717) is 0 Å². The Morgan fingerprint density at radius 2 is 1.81 bits per heavy atom. The SMILES string of the molecule is CC(C)(C)OC(=O)NC(c1ccccc1)C12C[C@H]3C[C@@H](C1)OC(C)(O3)O2. The molecule has 6 nitrogen and oxygen atoms in total. The molecule has 3 heterocycles. The van der Waals surface area contributed by atoms with Crippen LogP contribution in [0.5, 0.6) is 0 Å². The molecule has 6 heteroatoms. The fourth-order valence-electron chi connectivity index (χ4n) is 4.51. The molecule has 3 unspecified atom stereocenters. The van der Waals surface area contributed by atoms with Gasteiger partial charge in [0.15, 0.2) is 0 Å². The molecule has 0 spiro atoms. The van der Waals surface area contributed by atoms with Gasteiger partial charge in [-0.05, 0) is 26.3 Å². The molecule has 1 aromatic carbocycles. The molecule has 1 aliphatic carbocycles. The first-order valence-corrected chi connectivity index (χ1v) is 9.27. The summed E-state index contributed by atoms with van der Waals surface area (Å²) < 4.78 is 23.7. The zero-order chi connectivity index (χ0) is 18.6. The minimum atomic E-state index is -1.05. The Bertz CT molecular complexity index is 669. The van der Waals surface area contributed by atoms with Crippen molar-refractivity contribution in [2.45, 2.75) is 82.4 Å². The maximum absolute atomic E-state index is 12.6. The summed E-state index contributed by atoms with van der Waals surface area (Å²) in [7, 11) is 0. The van der Waals surface area contributed by atoms with Gasteiger partial charge >= 0.3 is 6.09 Å². The third-order valence-corrected chi connectivity index (χ3v) is 5.14. The predicted molar refractivity (Wildman–Crippen MR) is 94.4 cm³/mol. The van der Waals surface area contributed by atoms with Gasteiger partial charge in [0.1, 0.15) is 11.2 Å². The number of ether oxygens (including phenoxy) is 4. The summed E-state index contributed by atoms with van der Waals surface area (Å²) in [5.41, 5.74) is -0.146. The second-order valence-corrected chi connectivity index (χ2v) is 8.64. The molecule has 1 amide bonds. The zero-order valence-electron chi connectivity index (χ0n) is 15.8. The summed E-state index contributed by atoms with van der Waals surface area (Å²) in [6, 6.07) is 9.57. The van der Waals surface area contributed by atoms with Gasteiger partial charge in [-0.15, -0.1) is 0 Å². The van der Waals surface area contributed by atoms with E-state index in [9.17, 15) is 4.79 Å². The molecular weight excluding hydrogens is 334 g/mol. The first-order chi connectivity index (χ1) is 12.2. The summed E-state index contributed by atoms with van der Waals surface area (Å²) in [6.45, 7) is 7.38. The van der Waals surface area contributed by atoms with Crippen LogP contribution in [-0.2, 0) is 18.9 Å². The summed E-state index contributed by atoms with van der Waals surface area (Å²) in [6.07, 6.45) is 2.02. The van der Waals surface area contributed by atoms with Gasteiger partial charge in [-0.2, -0.15) is 0 Å². The van der Waals surface area contributed by atoms with Crippen LogP contribution in [0, 0.1) is 0 Å². The molecule has 4 bridgehead atoms. The fraction of sp³-hybridized carbons (Fsp3) is 0.650. The molecule has 142 valence electrons. The summed E-state index contributed by atoms with van der Waals surface area (Å²) in [4.78, 5) is 12.6. The number of hydrogen-bond acceptors (Lipinski definition) is 5. The van der Waals surface area contributed by atoms with Crippen molar-refractivity contribution in [2.24, 2.45) is 0 Å². The van der Waals surface area contributed by atoms with Gasteiger partial charge in [-0.25, -0.2) is 4.79 Å². The molecule has 26 heavy (non-hydrogen) atoms. The van der Waals surface area contributed by atoms with Crippen LogP contribution in [0.25, 0.3) is 0 Å². The second kappa shape index (κ2) is 5.94. The van der Waals surface area contributed by atoms with Crippen LogP contribution in [0.4, 0.5) is 4.79 Å². The Morgan fingerprint density at radius 1 is 1.19 bits per heavy atom. The molecule has 5 rings (SSSR count). The zero-order valence-corrected chi connectivity index (χ0v) is 15.8. The van der Waals surface area contributed by atoms with Crippen molar-refractivity contribution < 1.29 is 23.7 Å². The predicted octanol–water partition coefficient (Wildman–Crippen LogP) is 3.66. The lowest BCUT2D eigenvalue weighted by atomic mass is 9.72. The monoisotopic (exact) mass is 361 g/mol. The van der Waals surface area contributed by atoms with Gasteiger partial charge in [-0.3, -0.25) is 0 Å². The van der Waals surface area contributed by atoms with Crippen LogP contribution < -0.4 is 5.32 Å². The van der Waals surface area contributed by atoms with E-state index in [-0.39, 0.29) is 18.2 Å². The van der Waals surface area contributed by atoms with Crippen LogP contribution in [0.15, 0.2) is 30.3 Å². The summed E-state index contributed by atoms with van der Waals surface area (Å²) in [5.74, 6) is -1.05. The first-order valence-electron chi connectivity index (χ1n) is 9.27. The molecule has 0 aromatic heterocycles. The highest BCUT2D eigenvalue weighted by atomic mass is 16.9. The average molecular weight is 361 g/mol. The van der Waals surface area contributed by atoms with Crippen molar-refractivity contribution >= 4 is 6.09 Å². The standard InChI is InChI=1S/C20H27NO5/c1-18(2,3)25-17(22)21-16(13-8-6-5-7-9-13)20-11-14-10-15(12-20)24-19(4,23-14)26-20/h5-9,14-16H,10-12H2,1-4H3,(H,21,22)/t14-,15+,16?,19?,20?. The smallest absolute Gasteiger partial charge is 0.408 e. The number of rotatable bonds is 3. The van der Waals surface area contributed by atoms with Gasteiger partial charge in [0.25, 0.3) is 5.97 Å². The van der Waals surface area contributed by atoms with Gasteiger partial charge in [0.2, 0.25) is 0 Å². The van der Waals surface area contributed by atoms with Crippen molar-refractivity contribution in [1.29, 1.82) is 0 Å². The van der Waals surface area contributed by atoms with E-state index in [1.807, 2.05) is 58.0 Å². The molecule has 1 aromatic rings. The third kappa shape index (κ3) is 3.33. The minimum absolute atomic E-state index is 0.0768. The van der Waals surface area contributed by atoms with E-state index in [0.717, 1.165) is 24.8 Å². The van der Waals surface area contributed by atoms with Gasteiger partial charge in [0.05, 0.1) is 18.2 Å². The van der Waals surface area contributed by atoms with E-state index in [2.05, 4.69) is 5.32 Å². The lowest BCUT2D eigenvalue weighted by molar-refractivity contribution is -0.511. The van der Waals surface area contributed by atoms with E-state index in [1.54, 1.807) is 0 Å². The number of benzene rings is 1. The minimum Gasteiger partial charge on any atom is -0.444 e. The molecule has 4 aliphatic rings. The van der Waals surface area contributed by atoms with Crippen LogP contribution >= 0.6 is 0 Å². The highest BCUT2D eigenvalue weighted by molar-refractivity contribution is 5.68. The molecule has 0 radical (unpaired) electrons. The van der Waals surface area contributed by atoms with E-state index < -0.39 is 23.3 Å². The van der Waals surface area contributed by atoms with Crippen molar-refractivity contribution in [3.8, 4) is 0 Å². The Labute approximate surface area is 154 Å². The van der Waals surface area contributed by atoms with Gasteiger partial charge < -0.3 is 24.3 Å². The number of carbonyl (C=O) groups is 1. The van der Waals surface area contributed by atoms with Crippen LogP contribution in [-0.4, -0.2) is 35.5 Å². The highest BCUT2D eigenvalue weighted by Crippen LogP contribution is 2.54. The Kier molecular flexibility index (Phi) is 4.06. The third-order valence-electron chi connectivity index (χ3n) is 5.14. The Hall–Kier alpha value is -1.63. The largest absolute Gasteiger partial charge is 0.444 e. The molecule has 3 aliphatic heterocycles. The number of nitrogens with one attached hydrogen (secondary N) is 1. The quantitative estimate of drug-likeness (QED) is 0.890. The maximum Gasteiger partial charge on any atom is 0.408 e. The number of carbonyl (C=O) groups excluding carboxylic acids is 1. The molecule has 3 saturated heterocycles. The molecule has 1 N–H and O–H groups in total. The average Bonchev–Trinajstić information content (AvgIpc) is 2.49. The number of amides is 1. The van der Waals surface area contributed by atoms with Gasteiger partial charge in [0, 0.05) is 26.2 Å². The molecular formula is C20H27NO5. The normalized spacial score (nSPS) is 36.6. The van der Waals surface area contributed by atoms with Crippen LogP contribution in [0.1, 0.15) is 58.6 Å². The fourth-order valence-corrected chi connectivity index (χ4v) is 4.51. The maximum atomic E-state index is 12.6. The van der Waals surface area contributed by atoms with Crippen molar-refractivity contribution in [3.05, 3.63) is 35.9 Å². The molecule has 1 saturated carbocycles. The topological polar surface area (TPSA) is 66.0 Å². The van der Waals surface area contributed by atoms with Crippen molar-refractivity contribution in [3.63, 3.8) is 0 Å². The first kappa shape index (κ1) is 17.8. The van der Waals surface area contributed by atoms with E-state index >= 15 is 0 Å². The highest BCUT2D eigenvalue weighted by Gasteiger charge is 2.62. The van der Waals surface area contributed by atoms with Crippen molar-refractivity contribution in [1.82, 2.24) is 5.32 Å². The lowest BCUT2D eigenvalue weighted by Gasteiger charge is -2.61. The molecule has 5 atom stereocenters. The van der Waals surface area contributed by atoms with Crippen molar-refractivity contribution in [2.75, 3.05) is 0 Å². The van der Waals surface area contributed by atoms with E-state index in [4.69, 9.17) is 18.9 Å². The Balaban J connectivity index is 1.66. The lowest BCUT2D eigenvalue weighted by Crippen LogP contribution is -2.69. The Morgan fingerprint density at radius 3 is 2.35 bits per heavy atom. The van der Waals surface area contributed by atoms with Crippen LogP contribution in [0.3, 0.4) is 0 Å². The summed E-state index contributed by atoms with van der Waals surface area (Å²) in [5, 5.41) is 3.07. The summed E-state index contributed by atoms with van der Waals surface area (Å²) >= 11 is 0. The van der Waals surface area contributed by atoms with Gasteiger partial charge in [-0.1, -0.05) is 30.3 Å². The molecule has 4 fully saturated rings. The van der Waals surface area contributed by atoms with Crippen LogP contribution in [0.2, 0.25) is 0 Å². The number of alkyl carbamates (subject to hydrolysis) is 1. The van der Waals surface area contributed by atoms with E-state index in [1.165, 1.54) is 0 Å².